The van der Waals surface area contributed by atoms with E-state index < -0.39 is 12.1 Å². The summed E-state index contributed by atoms with van der Waals surface area (Å²) in [5.74, 6) is 1.09. The second-order valence-corrected chi connectivity index (χ2v) is 8.12. The number of ether oxygens (including phenoxy) is 3. The molecule has 3 aromatic rings. The number of hydrogen-bond acceptors (Lipinski definition) is 5. The molecule has 8 heteroatoms. The molecule has 2 N–H and O–H groups in total. The molecule has 8 nitrogen and oxygen atoms in total. The minimum atomic E-state index is -0.759. The van der Waals surface area contributed by atoms with Crippen molar-refractivity contribution in [2.45, 2.75) is 18.9 Å². The zero-order valence-electron chi connectivity index (χ0n) is 20.0. The van der Waals surface area contributed by atoms with Crippen LogP contribution in [0.25, 0.3) is 0 Å². The van der Waals surface area contributed by atoms with E-state index >= 15 is 0 Å². The van der Waals surface area contributed by atoms with E-state index in [9.17, 15) is 9.59 Å². The molecular formula is C27H29N3O5. The molecule has 182 valence electrons. The van der Waals surface area contributed by atoms with E-state index in [2.05, 4.69) is 10.6 Å². The molecule has 4 rings (SSSR count). The van der Waals surface area contributed by atoms with E-state index in [1.54, 1.807) is 17.0 Å². The fraction of sp³-hybridized carbons (Fsp3) is 0.259. The van der Waals surface area contributed by atoms with Crippen molar-refractivity contribution < 1.29 is 23.8 Å². The van der Waals surface area contributed by atoms with Gasteiger partial charge in [-0.3, -0.25) is 4.79 Å². The third-order valence-electron chi connectivity index (χ3n) is 5.96. The van der Waals surface area contributed by atoms with E-state index in [4.69, 9.17) is 14.2 Å². The Morgan fingerprint density at radius 3 is 2.23 bits per heavy atom. The van der Waals surface area contributed by atoms with Crippen molar-refractivity contribution in [3.63, 3.8) is 0 Å². The monoisotopic (exact) mass is 475 g/mol. The number of nitrogens with one attached hydrogen (secondary N) is 2. The molecule has 0 bridgehead atoms. The van der Waals surface area contributed by atoms with Gasteiger partial charge >= 0.3 is 6.03 Å². The van der Waals surface area contributed by atoms with Crippen LogP contribution in [-0.2, 0) is 17.6 Å². The normalized spacial score (nSPS) is 12.9. The summed E-state index contributed by atoms with van der Waals surface area (Å²) in [6, 6.07) is 19.5. The summed E-state index contributed by atoms with van der Waals surface area (Å²) in [6.07, 6.45) is 1.15. The molecular weight excluding hydrogens is 446 g/mol. The van der Waals surface area contributed by atoms with Crippen LogP contribution in [-0.4, -0.2) is 45.9 Å². The molecule has 35 heavy (non-hydrogen) atoms. The van der Waals surface area contributed by atoms with Crippen LogP contribution in [0.1, 0.15) is 11.1 Å². The maximum Gasteiger partial charge on any atom is 0.319 e. The first-order chi connectivity index (χ1) is 17.0. The lowest BCUT2D eigenvalue weighted by molar-refractivity contribution is -0.120. The molecule has 0 radical (unpaired) electrons. The summed E-state index contributed by atoms with van der Waals surface area (Å²) in [4.78, 5) is 28.4. The van der Waals surface area contributed by atoms with Crippen LogP contribution in [0.4, 0.5) is 16.2 Å². The number of amides is 3. The summed E-state index contributed by atoms with van der Waals surface area (Å²) in [5.41, 5.74) is 3.41. The van der Waals surface area contributed by atoms with E-state index in [0.29, 0.717) is 35.9 Å². The van der Waals surface area contributed by atoms with E-state index in [1.165, 1.54) is 21.3 Å². The molecule has 1 aliphatic heterocycles. The molecule has 0 aliphatic carbocycles. The van der Waals surface area contributed by atoms with Gasteiger partial charge in [0, 0.05) is 30.8 Å². The Balaban J connectivity index is 1.55. The Kier molecular flexibility index (Phi) is 7.40. The highest BCUT2D eigenvalue weighted by molar-refractivity contribution is 6.02. The zero-order valence-corrected chi connectivity index (χ0v) is 20.0. The SMILES string of the molecule is COc1cc(NC(=O)N[C@H](Cc2ccccc2)C(=O)N2CCc3ccccc32)cc(OC)c1OC. The van der Waals surface area contributed by atoms with Crippen molar-refractivity contribution in [1.29, 1.82) is 0 Å². The van der Waals surface area contributed by atoms with Gasteiger partial charge in [-0.1, -0.05) is 48.5 Å². The van der Waals surface area contributed by atoms with Gasteiger partial charge in [0.1, 0.15) is 6.04 Å². The fourth-order valence-electron chi connectivity index (χ4n) is 4.28. The first-order valence-electron chi connectivity index (χ1n) is 11.3. The number of carbonyl (C=O) groups is 2. The number of nitrogens with zero attached hydrogens (tertiary/aromatic N) is 1. The average molecular weight is 476 g/mol. The number of hydrogen-bond donors (Lipinski definition) is 2. The molecule has 0 saturated carbocycles. The predicted molar refractivity (Wildman–Crippen MR) is 135 cm³/mol. The van der Waals surface area contributed by atoms with Gasteiger partial charge in [-0.2, -0.15) is 0 Å². The highest BCUT2D eigenvalue weighted by Gasteiger charge is 2.31. The van der Waals surface area contributed by atoms with Crippen LogP contribution in [0, 0.1) is 0 Å². The molecule has 1 aliphatic rings. The standard InChI is InChI=1S/C27H29N3O5/c1-33-23-16-20(17-24(34-2)25(23)35-3)28-27(32)29-21(15-18-9-5-4-6-10-18)26(31)30-14-13-19-11-7-8-12-22(19)30/h4-12,16-17,21H,13-15H2,1-3H3,(H2,28,29,32)/t21-/m1/s1. The first kappa shape index (κ1) is 23.9. The molecule has 0 fully saturated rings. The molecule has 0 unspecified atom stereocenters. The first-order valence-corrected chi connectivity index (χ1v) is 11.3. The van der Waals surface area contributed by atoms with Crippen molar-refractivity contribution in [1.82, 2.24) is 5.32 Å². The van der Waals surface area contributed by atoms with E-state index in [1.807, 2.05) is 54.6 Å². The zero-order chi connectivity index (χ0) is 24.8. The molecule has 0 spiro atoms. The Morgan fingerprint density at radius 1 is 0.914 bits per heavy atom. The van der Waals surface area contributed by atoms with Gasteiger partial charge in [0.05, 0.1) is 27.0 Å². The van der Waals surface area contributed by atoms with Crippen LogP contribution in [0.2, 0.25) is 0 Å². The minimum Gasteiger partial charge on any atom is -0.493 e. The lowest BCUT2D eigenvalue weighted by Gasteiger charge is -2.25. The van der Waals surface area contributed by atoms with Crippen LogP contribution < -0.4 is 29.7 Å². The van der Waals surface area contributed by atoms with Crippen molar-refractivity contribution in [3.05, 3.63) is 77.9 Å². The quantitative estimate of drug-likeness (QED) is 0.514. The van der Waals surface area contributed by atoms with Crippen molar-refractivity contribution >= 4 is 23.3 Å². The number of para-hydroxylation sites is 1. The number of fused-ring (bicyclic) bond motifs is 1. The van der Waals surface area contributed by atoms with Crippen molar-refractivity contribution in [3.8, 4) is 17.2 Å². The van der Waals surface area contributed by atoms with Crippen LogP contribution in [0.15, 0.2) is 66.7 Å². The molecule has 3 amide bonds. The fourth-order valence-corrected chi connectivity index (χ4v) is 4.28. The van der Waals surface area contributed by atoms with Gasteiger partial charge in [0.2, 0.25) is 11.7 Å². The number of methoxy groups -OCH3 is 3. The van der Waals surface area contributed by atoms with Gasteiger partial charge in [0.15, 0.2) is 11.5 Å². The van der Waals surface area contributed by atoms with Crippen molar-refractivity contribution in [2.24, 2.45) is 0 Å². The molecule has 3 aromatic carbocycles. The molecule has 1 atom stereocenters. The average Bonchev–Trinajstić information content (AvgIpc) is 3.32. The maximum absolute atomic E-state index is 13.6. The number of benzene rings is 3. The van der Waals surface area contributed by atoms with E-state index in [0.717, 1.165) is 23.2 Å². The minimum absolute atomic E-state index is 0.154. The summed E-state index contributed by atoms with van der Waals surface area (Å²) in [7, 11) is 4.52. The van der Waals surface area contributed by atoms with Gasteiger partial charge in [-0.05, 0) is 23.6 Å². The summed E-state index contributed by atoms with van der Waals surface area (Å²) >= 11 is 0. The van der Waals surface area contributed by atoms with Crippen molar-refractivity contribution in [2.75, 3.05) is 38.1 Å². The maximum atomic E-state index is 13.6. The largest absolute Gasteiger partial charge is 0.493 e. The molecule has 0 aromatic heterocycles. The molecule has 1 heterocycles. The predicted octanol–water partition coefficient (Wildman–Crippen LogP) is 4.03. The highest BCUT2D eigenvalue weighted by atomic mass is 16.5. The van der Waals surface area contributed by atoms with Gasteiger partial charge in [0.25, 0.3) is 0 Å². The number of urea groups is 1. The number of anilines is 2. The summed E-state index contributed by atoms with van der Waals surface area (Å²) in [6.45, 7) is 0.583. The second-order valence-electron chi connectivity index (χ2n) is 8.12. The summed E-state index contributed by atoms with van der Waals surface area (Å²) in [5, 5.41) is 5.66. The lowest BCUT2D eigenvalue weighted by Crippen LogP contribution is -2.50. The lowest BCUT2D eigenvalue weighted by atomic mass is 10.0. The smallest absolute Gasteiger partial charge is 0.319 e. The van der Waals surface area contributed by atoms with Crippen LogP contribution in [0.3, 0.4) is 0 Å². The van der Waals surface area contributed by atoms with E-state index in [-0.39, 0.29) is 5.91 Å². The Morgan fingerprint density at radius 2 is 1.57 bits per heavy atom. The topological polar surface area (TPSA) is 89.1 Å². The van der Waals surface area contributed by atoms with Gasteiger partial charge in [-0.15, -0.1) is 0 Å². The van der Waals surface area contributed by atoms with Gasteiger partial charge in [-0.25, -0.2) is 4.79 Å². The molecule has 0 saturated heterocycles. The van der Waals surface area contributed by atoms with Gasteiger partial charge < -0.3 is 29.7 Å². The third kappa shape index (κ3) is 5.32. The Labute approximate surface area is 204 Å². The second kappa shape index (κ2) is 10.8. The Bertz CT molecular complexity index is 1170. The number of carbonyl (C=O) groups excluding carboxylic acids is 2. The number of rotatable bonds is 8. The van der Waals surface area contributed by atoms with Crippen LogP contribution >= 0.6 is 0 Å². The Hall–Kier alpha value is -4.20. The summed E-state index contributed by atoms with van der Waals surface area (Å²) < 4.78 is 16.1. The third-order valence-corrected chi connectivity index (χ3v) is 5.96. The highest BCUT2D eigenvalue weighted by Crippen LogP contribution is 2.40. The van der Waals surface area contributed by atoms with Crippen LogP contribution in [0.5, 0.6) is 17.2 Å².